The van der Waals surface area contributed by atoms with Crippen LogP contribution in [0.2, 0.25) is 0 Å². The summed E-state index contributed by atoms with van der Waals surface area (Å²) in [4.78, 5) is 0. The first-order valence-corrected chi connectivity index (χ1v) is 6.18. The second-order valence-electron chi connectivity index (χ2n) is 6.49. The molecule has 0 aromatic heterocycles. The van der Waals surface area contributed by atoms with Crippen LogP contribution in [0.1, 0.15) is 66.7 Å². The van der Waals surface area contributed by atoms with E-state index in [2.05, 4.69) is 34.6 Å². The molecule has 1 fully saturated rings. The molecule has 1 aliphatic carbocycles. The smallest absolute Gasteiger partial charge is 0.0300 e. The average Bonchev–Trinajstić information content (AvgIpc) is 2.02. The highest BCUT2D eigenvalue weighted by molar-refractivity contribution is 4.86. The van der Waals surface area contributed by atoms with E-state index in [4.69, 9.17) is 0 Å². The minimum absolute atomic E-state index is 0.538. The Morgan fingerprint density at radius 1 is 1.00 bits per heavy atom. The lowest BCUT2D eigenvalue weighted by Gasteiger charge is -2.37. The highest BCUT2D eigenvalue weighted by atomic mass is 14.3. The number of hydrogen-bond donors (Lipinski definition) is 0. The molecular formula is C14H27. The molecule has 1 radical (unpaired) electrons. The SMILES string of the molecule is C[C](C)CC1CCC(C(C)(C)C)CC1. The van der Waals surface area contributed by atoms with Crippen molar-refractivity contribution < 1.29 is 0 Å². The van der Waals surface area contributed by atoms with Gasteiger partial charge in [-0.2, -0.15) is 0 Å². The van der Waals surface area contributed by atoms with E-state index in [0.717, 1.165) is 11.8 Å². The van der Waals surface area contributed by atoms with Gasteiger partial charge < -0.3 is 0 Å². The molecule has 1 aliphatic rings. The van der Waals surface area contributed by atoms with E-state index in [-0.39, 0.29) is 0 Å². The van der Waals surface area contributed by atoms with Gasteiger partial charge in [-0.3, -0.25) is 0 Å². The maximum atomic E-state index is 2.40. The van der Waals surface area contributed by atoms with Gasteiger partial charge in [-0.1, -0.05) is 47.5 Å². The van der Waals surface area contributed by atoms with Gasteiger partial charge in [-0.15, -0.1) is 0 Å². The lowest BCUT2D eigenvalue weighted by atomic mass is 9.69. The Morgan fingerprint density at radius 3 is 1.86 bits per heavy atom. The molecule has 0 amide bonds. The molecule has 0 aromatic carbocycles. The van der Waals surface area contributed by atoms with Crippen LogP contribution in [-0.4, -0.2) is 0 Å². The van der Waals surface area contributed by atoms with Crippen molar-refractivity contribution in [3.05, 3.63) is 5.92 Å². The molecule has 0 unspecified atom stereocenters. The van der Waals surface area contributed by atoms with Gasteiger partial charge >= 0.3 is 0 Å². The second-order valence-corrected chi connectivity index (χ2v) is 6.49. The molecular weight excluding hydrogens is 168 g/mol. The maximum Gasteiger partial charge on any atom is -0.0300 e. The lowest BCUT2D eigenvalue weighted by Crippen LogP contribution is -2.26. The van der Waals surface area contributed by atoms with E-state index >= 15 is 0 Å². The molecule has 0 N–H and O–H groups in total. The first-order valence-electron chi connectivity index (χ1n) is 6.18. The Labute approximate surface area is 90.5 Å². The van der Waals surface area contributed by atoms with Gasteiger partial charge in [0.15, 0.2) is 0 Å². The molecule has 1 rings (SSSR count). The van der Waals surface area contributed by atoms with Crippen LogP contribution in [0.4, 0.5) is 0 Å². The Hall–Kier alpha value is 0. The quantitative estimate of drug-likeness (QED) is 0.591. The normalized spacial score (nSPS) is 29.6. The van der Waals surface area contributed by atoms with Crippen molar-refractivity contribution in [2.24, 2.45) is 17.3 Å². The topological polar surface area (TPSA) is 0 Å². The third kappa shape index (κ3) is 3.63. The fourth-order valence-electron chi connectivity index (χ4n) is 2.81. The minimum atomic E-state index is 0.538. The van der Waals surface area contributed by atoms with E-state index in [1.54, 1.807) is 5.92 Å². The van der Waals surface area contributed by atoms with Crippen molar-refractivity contribution in [3.8, 4) is 0 Å². The van der Waals surface area contributed by atoms with Crippen LogP contribution in [-0.2, 0) is 0 Å². The summed E-state index contributed by atoms with van der Waals surface area (Å²) in [6, 6.07) is 0. The first-order chi connectivity index (χ1) is 6.39. The van der Waals surface area contributed by atoms with Crippen LogP contribution in [0.5, 0.6) is 0 Å². The number of rotatable bonds is 2. The summed E-state index contributed by atoms with van der Waals surface area (Å²) < 4.78 is 0. The monoisotopic (exact) mass is 195 g/mol. The van der Waals surface area contributed by atoms with Crippen LogP contribution in [0.15, 0.2) is 0 Å². The molecule has 83 valence electrons. The van der Waals surface area contributed by atoms with Crippen molar-refractivity contribution in [2.75, 3.05) is 0 Å². The van der Waals surface area contributed by atoms with E-state index in [1.807, 2.05) is 0 Å². The highest BCUT2D eigenvalue weighted by Crippen LogP contribution is 2.41. The predicted octanol–water partition coefficient (Wildman–Crippen LogP) is 4.84. The molecule has 0 aliphatic heterocycles. The second kappa shape index (κ2) is 4.68. The molecule has 14 heavy (non-hydrogen) atoms. The van der Waals surface area contributed by atoms with Crippen molar-refractivity contribution in [3.63, 3.8) is 0 Å². The zero-order chi connectivity index (χ0) is 10.8. The minimum Gasteiger partial charge on any atom is -0.0599 e. The summed E-state index contributed by atoms with van der Waals surface area (Å²) in [6.45, 7) is 11.7. The summed E-state index contributed by atoms with van der Waals surface area (Å²) in [5.74, 6) is 3.58. The Balaban J connectivity index is 2.31. The van der Waals surface area contributed by atoms with Crippen LogP contribution >= 0.6 is 0 Å². The molecule has 0 bridgehead atoms. The van der Waals surface area contributed by atoms with Crippen molar-refractivity contribution in [1.29, 1.82) is 0 Å². The number of hydrogen-bond acceptors (Lipinski definition) is 0. The molecule has 0 nitrogen and oxygen atoms in total. The molecule has 0 atom stereocenters. The van der Waals surface area contributed by atoms with Gasteiger partial charge in [0, 0.05) is 0 Å². The van der Waals surface area contributed by atoms with Crippen LogP contribution in [0.25, 0.3) is 0 Å². The molecule has 0 spiro atoms. The van der Waals surface area contributed by atoms with Gasteiger partial charge in [-0.25, -0.2) is 0 Å². The summed E-state index contributed by atoms with van der Waals surface area (Å²) in [5, 5.41) is 0. The molecule has 0 heteroatoms. The largest absolute Gasteiger partial charge is 0.0599 e. The van der Waals surface area contributed by atoms with Gasteiger partial charge in [0.1, 0.15) is 0 Å². The fourth-order valence-corrected chi connectivity index (χ4v) is 2.81. The van der Waals surface area contributed by atoms with E-state index in [1.165, 1.54) is 32.1 Å². The van der Waals surface area contributed by atoms with E-state index in [9.17, 15) is 0 Å². The molecule has 0 heterocycles. The molecule has 0 aromatic rings. The summed E-state index contributed by atoms with van der Waals surface area (Å²) in [7, 11) is 0. The highest BCUT2D eigenvalue weighted by Gasteiger charge is 2.29. The predicted molar refractivity (Wildman–Crippen MR) is 64.1 cm³/mol. The van der Waals surface area contributed by atoms with Crippen molar-refractivity contribution in [2.45, 2.75) is 66.7 Å². The summed E-state index contributed by atoms with van der Waals surface area (Å²) in [6.07, 6.45) is 7.22. The van der Waals surface area contributed by atoms with Gasteiger partial charge in [0.25, 0.3) is 0 Å². The van der Waals surface area contributed by atoms with Crippen molar-refractivity contribution >= 4 is 0 Å². The lowest BCUT2D eigenvalue weighted by molar-refractivity contribution is 0.148. The third-order valence-corrected chi connectivity index (χ3v) is 3.77. The van der Waals surface area contributed by atoms with Crippen molar-refractivity contribution in [1.82, 2.24) is 0 Å². The Morgan fingerprint density at radius 2 is 1.50 bits per heavy atom. The molecule has 1 saturated carbocycles. The van der Waals surface area contributed by atoms with E-state index in [0.29, 0.717) is 5.41 Å². The first kappa shape index (κ1) is 12.1. The fraction of sp³-hybridized carbons (Fsp3) is 0.929. The average molecular weight is 195 g/mol. The zero-order valence-corrected chi connectivity index (χ0v) is 10.7. The maximum absolute atomic E-state index is 2.40. The summed E-state index contributed by atoms with van der Waals surface area (Å²) in [5.41, 5.74) is 0.538. The standard InChI is InChI=1S/C14H27/c1-11(2)10-12-6-8-13(9-7-12)14(3,4)5/h12-13H,6-10H2,1-5H3. The van der Waals surface area contributed by atoms with Gasteiger partial charge in [0.2, 0.25) is 0 Å². The van der Waals surface area contributed by atoms with Gasteiger partial charge in [0.05, 0.1) is 0 Å². The Bertz CT molecular complexity index is 153. The van der Waals surface area contributed by atoms with Crippen LogP contribution in [0, 0.1) is 23.2 Å². The van der Waals surface area contributed by atoms with E-state index < -0.39 is 0 Å². The van der Waals surface area contributed by atoms with Crippen LogP contribution < -0.4 is 0 Å². The van der Waals surface area contributed by atoms with Gasteiger partial charge in [-0.05, 0) is 42.4 Å². The van der Waals surface area contributed by atoms with Crippen LogP contribution in [0.3, 0.4) is 0 Å². The molecule has 0 saturated heterocycles. The zero-order valence-electron chi connectivity index (χ0n) is 10.7. The summed E-state index contributed by atoms with van der Waals surface area (Å²) >= 11 is 0. The third-order valence-electron chi connectivity index (χ3n) is 3.77. The Kier molecular flexibility index (Phi) is 4.04.